The van der Waals surface area contributed by atoms with Crippen molar-refractivity contribution in [3.05, 3.63) is 47.6 Å². The largest absolute Gasteiger partial charge is 0.497 e. The Morgan fingerprint density at radius 1 is 1.19 bits per heavy atom. The summed E-state index contributed by atoms with van der Waals surface area (Å²) in [5.41, 5.74) is 1.46. The van der Waals surface area contributed by atoms with Gasteiger partial charge in [-0.3, -0.25) is 4.79 Å². The fourth-order valence-electron chi connectivity index (χ4n) is 2.56. The zero-order chi connectivity index (χ0) is 22.6. The molecule has 0 aliphatic carbocycles. The molecule has 2 heterocycles. The van der Waals surface area contributed by atoms with Crippen molar-refractivity contribution in [3.8, 4) is 17.0 Å². The molecule has 0 aliphatic heterocycles. The van der Waals surface area contributed by atoms with Gasteiger partial charge in [0.05, 0.1) is 30.9 Å². The molecular weight excluding hydrogens is 444 g/mol. The van der Waals surface area contributed by atoms with Gasteiger partial charge in [0.15, 0.2) is 5.13 Å². The molecule has 0 saturated heterocycles. The molecule has 0 aliphatic rings. The number of H-pyrrole nitrogens is 1. The molecule has 0 unspecified atom stereocenters. The van der Waals surface area contributed by atoms with Crippen LogP contribution in [0.3, 0.4) is 0 Å². The van der Waals surface area contributed by atoms with E-state index in [4.69, 9.17) is 4.74 Å². The van der Waals surface area contributed by atoms with E-state index in [0.717, 1.165) is 0 Å². The van der Waals surface area contributed by atoms with Crippen LogP contribution in [0.5, 0.6) is 5.75 Å². The van der Waals surface area contributed by atoms with E-state index in [9.17, 15) is 18.0 Å². The zero-order valence-electron chi connectivity index (χ0n) is 16.8. The van der Waals surface area contributed by atoms with Crippen LogP contribution in [0.25, 0.3) is 11.3 Å². The maximum absolute atomic E-state index is 12.5. The Bertz CT molecular complexity index is 1180. The minimum absolute atomic E-state index is 0.0124. The van der Waals surface area contributed by atoms with Crippen molar-refractivity contribution in [1.29, 1.82) is 0 Å². The second-order valence-electron chi connectivity index (χ2n) is 6.34. The third-order valence-corrected chi connectivity index (χ3v) is 6.53. The summed E-state index contributed by atoms with van der Waals surface area (Å²) in [6.45, 7) is 1.43. The van der Waals surface area contributed by atoms with Crippen LogP contribution in [0.4, 0.5) is 5.13 Å². The van der Waals surface area contributed by atoms with Gasteiger partial charge in [-0.15, -0.1) is 11.3 Å². The molecule has 3 aromatic rings. The summed E-state index contributed by atoms with van der Waals surface area (Å²) in [7, 11) is -1.14. The van der Waals surface area contributed by atoms with Crippen molar-refractivity contribution in [2.45, 2.75) is 17.9 Å². The molecule has 31 heavy (non-hydrogen) atoms. The second-order valence-corrected chi connectivity index (χ2v) is 8.91. The number of nitrogens with one attached hydrogen (secondary N) is 3. The van der Waals surface area contributed by atoms with Crippen molar-refractivity contribution in [1.82, 2.24) is 14.7 Å². The van der Waals surface area contributed by atoms with Gasteiger partial charge in [-0.05, 0) is 37.3 Å². The topological polar surface area (TPSA) is 139 Å². The van der Waals surface area contributed by atoms with E-state index in [-0.39, 0.29) is 15.7 Å². The van der Waals surface area contributed by atoms with Crippen molar-refractivity contribution < 1.29 is 27.5 Å². The van der Waals surface area contributed by atoms with Gasteiger partial charge in [-0.25, -0.2) is 18.2 Å². The highest BCUT2D eigenvalue weighted by Crippen LogP contribution is 2.26. The van der Waals surface area contributed by atoms with Crippen LogP contribution in [0.1, 0.15) is 17.4 Å². The zero-order valence-corrected chi connectivity index (χ0v) is 18.5. The van der Waals surface area contributed by atoms with E-state index >= 15 is 0 Å². The lowest BCUT2D eigenvalue weighted by atomic mass is 10.2. The van der Waals surface area contributed by atoms with Gasteiger partial charge in [0.1, 0.15) is 11.4 Å². The van der Waals surface area contributed by atoms with Crippen molar-refractivity contribution in [2.75, 3.05) is 19.5 Å². The summed E-state index contributed by atoms with van der Waals surface area (Å²) in [6, 6.07) is 6.35. The number of hydrogen-bond acceptors (Lipinski definition) is 8. The number of aromatic amines is 1. The van der Waals surface area contributed by atoms with E-state index in [0.29, 0.717) is 17.0 Å². The maximum atomic E-state index is 12.5. The summed E-state index contributed by atoms with van der Waals surface area (Å²) < 4.78 is 37.0. The predicted molar refractivity (Wildman–Crippen MR) is 115 cm³/mol. The Kier molecular flexibility index (Phi) is 6.73. The minimum Gasteiger partial charge on any atom is -0.497 e. The first kappa shape index (κ1) is 22.5. The Balaban J connectivity index is 1.64. The van der Waals surface area contributed by atoms with E-state index in [1.165, 1.54) is 56.7 Å². The summed E-state index contributed by atoms with van der Waals surface area (Å²) in [6.07, 6.45) is 1.60. The van der Waals surface area contributed by atoms with Gasteiger partial charge in [-0.1, -0.05) is 0 Å². The smallest absolute Gasteiger partial charge is 0.354 e. The number of methoxy groups -OCH3 is 2. The summed E-state index contributed by atoms with van der Waals surface area (Å²) in [4.78, 5) is 31.1. The standard InChI is InChI=1S/C19H20N4O6S2/c1-11(23-31(26,27)14-6-4-13(28-2)5-7-14)17(24)22-19-21-16(10-30-19)12-8-15(20-9-12)18(25)29-3/h4-11,20,23H,1-3H3,(H,21,22,24)/t11-/m0/s1. The number of nitrogens with zero attached hydrogens (tertiary/aromatic N) is 1. The predicted octanol–water partition coefficient (Wildman–Crippen LogP) is 2.24. The molecule has 0 bridgehead atoms. The molecule has 0 saturated carbocycles. The molecular formula is C19H20N4O6S2. The Labute approximate surface area is 182 Å². The van der Waals surface area contributed by atoms with Gasteiger partial charge in [-0.2, -0.15) is 4.72 Å². The third-order valence-electron chi connectivity index (χ3n) is 4.21. The average molecular weight is 465 g/mol. The third kappa shape index (κ3) is 5.29. The van der Waals surface area contributed by atoms with Gasteiger partial charge in [0.25, 0.3) is 0 Å². The van der Waals surface area contributed by atoms with Crippen molar-refractivity contribution in [3.63, 3.8) is 0 Å². The van der Waals surface area contributed by atoms with E-state index in [1.807, 2.05) is 0 Å². The van der Waals surface area contributed by atoms with Crippen LogP contribution in [-0.4, -0.2) is 50.5 Å². The monoisotopic (exact) mass is 464 g/mol. The van der Waals surface area contributed by atoms with Gasteiger partial charge >= 0.3 is 5.97 Å². The Hall–Kier alpha value is -3.22. The van der Waals surface area contributed by atoms with Crippen LogP contribution < -0.4 is 14.8 Å². The quantitative estimate of drug-likeness (QED) is 0.434. The number of carbonyl (C=O) groups is 2. The highest BCUT2D eigenvalue weighted by atomic mass is 32.2. The number of thiazole rings is 1. The number of anilines is 1. The fraction of sp³-hybridized carbons (Fsp3) is 0.211. The normalized spacial score (nSPS) is 12.2. The first-order valence-electron chi connectivity index (χ1n) is 8.93. The molecule has 1 amide bonds. The summed E-state index contributed by atoms with van der Waals surface area (Å²) >= 11 is 1.17. The van der Waals surface area contributed by atoms with E-state index in [2.05, 4.69) is 24.7 Å². The number of hydrogen-bond donors (Lipinski definition) is 3. The number of amides is 1. The van der Waals surface area contributed by atoms with Crippen LogP contribution in [0.2, 0.25) is 0 Å². The van der Waals surface area contributed by atoms with Crippen LogP contribution in [0.15, 0.2) is 46.8 Å². The van der Waals surface area contributed by atoms with Gasteiger partial charge in [0.2, 0.25) is 15.9 Å². The van der Waals surface area contributed by atoms with E-state index < -0.39 is 27.9 Å². The lowest BCUT2D eigenvalue weighted by Crippen LogP contribution is -2.41. The molecule has 1 aromatic carbocycles. The van der Waals surface area contributed by atoms with Crippen LogP contribution >= 0.6 is 11.3 Å². The molecule has 0 spiro atoms. The summed E-state index contributed by atoms with van der Waals surface area (Å²) in [5, 5.41) is 4.57. The molecule has 12 heteroatoms. The number of benzene rings is 1. The number of sulfonamides is 1. The molecule has 3 rings (SSSR count). The van der Waals surface area contributed by atoms with Gasteiger partial charge in [0, 0.05) is 17.1 Å². The molecule has 3 N–H and O–H groups in total. The maximum Gasteiger partial charge on any atom is 0.354 e. The molecule has 0 radical (unpaired) electrons. The van der Waals surface area contributed by atoms with Crippen molar-refractivity contribution >= 4 is 38.4 Å². The number of aromatic nitrogens is 2. The fourth-order valence-corrected chi connectivity index (χ4v) is 4.48. The lowest BCUT2D eigenvalue weighted by Gasteiger charge is -2.13. The second kappa shape index (κ2) is 9.29. The molecule has 0 fully saturated rings. The van der Waals surface area contributed by atoms with Crippen molar-refractivity contribution in [2.24, 2.45) is 0 Å². The van der Waals surface area contributed by atoms with Gasteiger partial charge < -0.3 is 19.8 Å². The molecule has 2 aromatic heterocycles. The molecule has 10 nitrogen and oxygen atoms in total. The average Bonchev–Trinajstić information content (AvgIpc) is 3.42. The molecule has 164 valence electrons. The van der Waals surface area contributed by atoms with E-state index in [1.54, 1.807) is 17.6 Å². The molecule has 1 atom stereocenters. The minimum atomic E-state index is -3.90. The van der Waals surface area contributed by atoms with Crippen LogP contribution in [-0.2, 0) is 19.6 Å². The first-order valence-corrected chi connectivity index (χ1v) is 11.3. The first-order chi connectivity index (χ1) is 14.7. The number of rotatable bonds is 8. The Morgan fingerprint density at radius 3 is 2.55 bits per heavy atom. The summed E-state index contributed by atoms with van der Waals surface area (Å²) in [5.74, 6) is -0.555. The lowest BCUT2D eigenvalue weighted by molar-refractivity contribution is -0.117. The highest BCUT2D eigenvalue weighted by molar-refractivity contribution is 7.89. The highest BCUT2D eigenvalue weighted by Gasteiger charge is 2.23. The number of ether oxygens (including phenoxy) is 2. The Morgan fingerprint density at radius 2 is 1.90 bits per heavy atom. The SMILES string of the molecule is COC(=O)c1cc(-c2csc(NC(=O)[C@H](C)NS(=O)(=O)c3ccc(OC)cc3)n2)c[nH]1. The number of esters is 1. The number of carbonyl (C=O) groups excluding carboxylic acids is 2. The van der Waals surface area contributed by atoms with Crippen LogP contribution in [0, 0.1) is 0 Å².